The summed E-state index contributed by atoms with van der Waals surface area (Å²) in [5.41, 5.74) is -0.461. The van der Waals surface area contributed by atoms with Crippen molar-refractivity contribution in [3.63, 3.8) is 0 Å². The minimum absolute atomic E-state index is 0.00833. The van der Waals surface area contributed by atoms with Crippen LogP contribution in [0.25, 0.3) is 6.08 Å². The molecule has 1 fully saturated rings. The van der Waals surface area contributed by atoms with E-state index in [1.54, 1.807) is 18.2 Å². The van der Waals surface area contributed by atoms with E-state index in [0.717, 1.165) is 25.7 Å². The summed E-state index contributed by atoms with van der Waals surface area (Å²) in [5.74, 6) is 1.09. The van der Waals surface area contributed by atoms with E-state index >= 15 is 0 Å². The van der Waals surface area contributed by atoms with Crippen LogP contribution in [0.4, 0.5) is 0 Å². The molecule has 20 heavy (non-hydrogen) atoms. The van der Waals surface area contributed by atoms with Crippen LogP contribution < -0.4 is 5.32 Å². The summed E-state index contributed by atoms with van der Waals surface area (Å²) in [4.78, 5) is 12.0. The molecule has 1 saturated carbocycles. The molecule has 1 aromatic heterocycles. The third-order valence-corrected chi connectivity index (χ3v) is 4.34. The summed E-state index contributed by atoms with van der Waals surface area (Å²) in [7, 11) is 0. The minimum atomic E-state index is -0.461. The lowest BCUT2D eigenvalue weighted by Crippen LogP contribution is -2.52. The molecule has 0 saturated heterocycles. The molecule has 0 aromatic carbocycles. The molecule has 2 N–H and O–H groups in total. The molecule has 0 spiro atoms. The van der Waals surface area contributed by atoms with Gasteiger partial charge in [-0.3, -0.25) is 4.79 Å². The Bertz CT molecular complexity index is 487. The first kappa shape index (κ1) is 15.3. The lowest BCUT2D eigenvalue weighted by Gasteiger charge is -2.38. The molecule has 1 aromatic rings. The molecular weight excluding hydrogens is 322 g/mol. The van der Waals surface area contributed by atoms with Crippen LogP contribution in [0, 0.1) is 5.92 Å². The van der Waals surface area contributed by atoms with Crippen LogP contribution in [-0.4, -0.2) is 23.2 Å². The molecule has 0 unspecified atom stereocenters. The smallest absolute Gasteiger partial charge is 0.244 e. The van der Waals surface area contributed by atoms with Gasteiger partial charge in [-0.25, -0.2) is 0 Å². The van der Waals surface area contributed by atoms with Crippen LogP contribution in [-0.2, 0) is 4.79 Å². The number of carbonyl (C=O) groups is 1. The van der Waals surface area contributed by atoms with Gasteiger partial charge in [0.15, 0.2) is 4.67 Å². The zero-order valence-corrected chi connectivity index (χ0v) is 13.1. The number of hydrogen-bond acceptors (Lipinski definition) is 3. The van der Waals surface area contributed by atoms with Crippen molar-refractivity contribution in [1.29, 1.82) is 0 Å². The van der Waals surface area contributed by atoms with Gasteiger partial charge in [0.1, 0.15) is 5.76 Å². The number of carbonyl (C=O) groups excluding carboxylic acids is 1. The van der Waals surface area contributed by atoms with E-state index in [0.29, 0.717) is 16.3 Å². The second-order valence-corrected chi connectivity index (χ2v) is 6.37. The van der Waals surface area contributed by atoms with Crippen molar-refractivity contribution >= 4 is 27.9 Å². The maximum Gasteiger partial charge on any atom is 0.244 e. The normalized spacial score (nSPS) is 26.9. The van der Waals surface area contributed by atoms with Gasteiger partial charge in [0.2, 0.25) is 5.91 Å². The highest BCUT2D eigenvalue weighted by Gasteiger charge is 2.34. The van der Waals surface area contributed by atoms with Crippen molar-refractivity contribution in [1.82, 2.24) is 5.32 Å². The third-order valence-electron chi connectivity index (χ3n) is 3.92. The highest BCUT2D eigenvalue weighted by Crippen LogP contribution is 2.31. The van der Waals surface area contributed by atoms with E-state index in [4.69, 9.17) is 4.42 Å². The standard InChI is InChI=1S/C15H20BrNO3/c1-11-6-8-15(10-18,9-7-11)17-14(19)5-3-12-2-4-13(16)20-12/h2-5,11,18H,6-10H2,1H3,(H,17,19). The van der Waals surface area contributed by atoms with Crippen LogP contribution in [0.2, 0.25) is 0 Å². The third kappa shape index (κ3) is 3.96. The fourth-order valence-corrected chi connectivity index (χ4v) is 2.84. The number of amides is 1. The highest BCUT2D eigenvalue weighted by atomic mass is 79.9. The number of hydrogen-bond donors (Lipinski definition) is 2. The van der Waals surface area contributed by atoms with Crippen LogP contribution >= 0.6 is 15.9 Å². The van der Waals surface area contributed by atoms with Crippen LogP contribution in [0.5, 0.6) is 0 Å². The van der Waals surface area contributed by atoms with Crippen LogP contribution in [0.15, 0.2) is 27.3 Å². The molecule has 5 heteroatoms. The summed E-state index contributed by atoms with van der Waals surface area (Å²) in [6, 6.07) is 3.55. The van der Waals surface area contributed by atoms with Crippen LogP contribution in [0.1, 0.15) is 38.4 Å². The quantitative estimate of drug-likeness (QED) is 0.827. The Kier molecular flexibility index (Phi) is 5.05. The van der Waals surface area contributed by atoms with Gasteiger partial charge in [-0.15, -0.1) is 0 Å². The first-order valence-electron chi connectivity index (χ1n) is 6.89. The van der Waals surface area contributed by atoms with E-state index in [2.05, 4.69) is 28.2 Å². The monoisotopic (exact) mass is 341 g/mol. The van der Waals surface area contributed by atoms with Gasteiger partial charge >= 0.3 is 0 Å². The van der Waals surface area contributed by atoms with Crippen molar-refractivity contribution in [2.45, 2.75) is 38.1 Å². The highest BCUT2D eigenvalue weighted by molar-refractivity contribution is 9.10. The molecule has 0 radical (unpaired) electrons. The van der Waals surface area contributed by atoms with Gasteiger partial charge in [0.25, 0.3) is 0 Å². The lowest BCUT2D eigenvalue weighted by molar-refractivity contribution is -0.119. The zero-order valence-electron chi connectivity index (χ0n) is 11.6. The molecule has 4 nitrogen and oxygen atoms in total. The van der Waals surface area contributed by atoms with Gasteiger partial charge in [-0.05, 0) is 65.7 Å². The average Bonchev–Trinajstić information content (AvgIpc) is 2.85. The molecule has 1 aliphatic carbocycles. The molecule has 1 heterocycles. The molecule has 1 amide bonds. The molecule has 1 aliphatic rings. The number of nitrogens with one attached hydrogen (secondary N) is 1. The molecule has 0 bridgehead atoms. The summed E-state index contributed by atoms with van der Waals surface area (Å²) in [6.07, 6.45) is 6.80. The van der Waals surface area contributed by atoms with Crippen molar-refractivity contribution < 1.29 is 14.3 Å². The SMILES string of the molecule is CC1CCC(CO)(NC(=O)C=Cc2ccc(Br)o2)CC1. The predicted molar refractivity (Wildman–Crippen MR) is 81.0 cm³/mol. The number of aliphatic hydroxyl groups excluding tert-OH is 1. The van der Waals surface area contributed by atoms with Gasteiger partial charge < -0.3 is 14.8 Å². The fourth-order valence-electron chi connectivity index (χ4n) is 2.52. The number of aliphatic hydroxyl groups is 1. The Morgan fingerprint density at radius 3 is 2.80 bits per heavy atom. The van der Waals surface area contributed by atoms with Crippen molar-refractivity contribution in [3.05, 3.63) is 28.6 Å². The van der Waals surface area contributed by atoms with Crippen LogP contribution in [0.3, 0.4) is 0 Å². The van der Waals surface area contributed by atoms with E-state index in [1.807, 2.05) is 0 Å². The van der Waals surface area contributed by atoms with E-state index in [9.17, 15) is 9.90 Å². The van der Waals surface area contributed by atoms with E-state index in [-0.39, 0.29) is 12.5 Å². The Labute approximate surface area is 127 Å². The van der Waals surface area contributed by atoms with Gasteiger partial charge in [-0.2, -0.15) is 0 Å². The molecular formula is C15H20BrNO3. The molecule has 2 rings (SSSR count). The topological polar surface area (TPSA) is 62.5 Å². The van der Waals surface area contributed by atoms with Gasteiger partial charge in [0.05, 0.1) is 12.1 Å². The Morgan fingerprint density at radius 2 is 2.25 bits per heavy atom. The first-order valence-corrected chi connectivity index (χ1v) is 7.69. The Morgan fingerprint density at radius 1 is 1.55 bits per heavy atom. The maximum absolute atomic E-state index is 12.0. The van der Waals surface area contributed by atoms with Crippen molar-refractivity contribution in [2.75, 3.05) is 6.61 Å². The average molecular weight is 342 g/mol. The molecule has 0 atom stereocenters. The summed E-state index contributed by atoms with van der Waals surface area (Å²) >= 11 is 3.21. The Balaban J connectivity index is 1.94. The summed E-state index contributed by atoms with van der Waals surface area (Å²) in [6.45, 7) is 2.20. The van der Waals surface area contributed by atoms with Crippen molar-refractivity contribution in [2.24, 2.45) is 5.92 Å². The Hall–Kier alpha value is -1.07. The zero-order chi connectivity index (χ0) is 14.6. The largest absolute Gasteiger partial charge is 0.450 e. The predicted octanol–water partition coefficient (Wildman–Crippen LogP) is 3.11. The second kappa shape index (κ2) is 6.59. The fraction of sp³-hybridized carbons (Fsp3) is 0.533. The van der Waals surface area contributed by atoms with E-state index < -0.39 is 5.54 Å². The summed E-state index contributed by atoms with van der Waals surface area (Å²) in [5, 5.41) is 12.6. The lowest BCUT2D eigenvalue weighted by atomic mass is 9.77. The van der Waals surface area contributed by atoms with Gasteiger partial charge in [0, 0.05) is 6.08 Å². The first-order chi connectivity index (χ1) is 9.53. The maximum atomic E-state index is 12.0. The van der Waals surface area contributed by atoms with E-state index in [1.165, 1.54) is 6.08 Å². The number of rotatable bonds is 4. The number of furan rings is 1. The van der Waals surface area contributed by atoms with Crippen molar-refractivity contribution in [3.8, 4) is 0 Å². The molecule has 110 valence electrons. The van der Waals surface area contributed by atoms with Gasteiger partial charge in [-0.1, -0.05) is 6.92 Å². The minimum Gasteiger partial charge on any atom is -0.450 e. The summed E-state index contributed by atoms with van der Waals surface area (Å²) < 4.78 is 5.92. The molecule has 0 aliphatic heterocycles. The second-order valence-electron chi connectivity index (χ2n) is 5.59. The number of halogens is 1.